The summed E-state index contributed by atoms with van der Waals surface area (Å²) in [6.07, 6.45) is 0. The Balaban J connectivity index is 2.77. The summed E-state index contributed by atoms with van der Waals surface area (Å²) in [5.41, 5.74) is 0.950. The molecule has 0 aliphatic rings. The summed E-state index contributed by atoms with van der Waals surface area (Å²) in [7, 11) is 0. The van der Waals surface area contributed by atoms with Crippen molar-refractivity contribution in [2.24, 2.45) is 0 Å². The number of nitrogens with zero attached hydrogens (tertiary/aromatic N) is 2. The summed E-state index contributed by atoms with van der Waals surface area (Å²) in [5.74, 6) is -0.489. The first kappa shape index (κ1) is 12.6. The third-order valence-electron chi connectivity index (χ3n) is 2.42. The highest BCUT2D eigenvalue weighted by atomic mass is 19.1. The van der Waals surface area contributed by atoms with Gasteiger partial charge >= 0.3 is 0 Å². The predicted octanol–water partition coefficient (Wildman–Crippen LogP) is 1.51. The Bertz CT molecular complexity index is 387. The number of rotatable bonds is 5. The van der Waals surface area contributed by atoms with Crippen LogP contribution in [0.5, 0.6) is 0 Å². The molecule has 0 saturated heterocycles. The van der Waals surface area contributed by atoms with Crippen molar-refractivity contribution in [3.8, 4) is 6.07 Å². The minimum atomic E-state index is -0.489. The molecule has 0 amide bonds. The zero-order chi connectivity index (χ0) is 12.0. The van der Waals surface area contributed by atoms with Crippen LogP contribution in [0.1, 0.15) is 18.1 Å². The van der Waals surface area contributed by atoms with Gasteiger partial charge in [-0.05, 0) is 24.2 Å². The molecule has 1 aromatic rings. The minimum absolute atomic E-state index is 0.0672. The molecule has 0 aliphatic carbocycles. The Morgan fingerprint density at radius 2 is 2.25 bits per heavy atom. The molecule has 0 aliphatic heterocycles. The lowest BCUT2D eigenvalue weighted by atomic mass is 10.1. The summed E-state index contributed by atoms with van der Waals surface area (Å²) >= 11 is 0. The topological polar surface area (TPSA) is 47.3 Å². The molecule has 86 valence electrons. The minimum Gasteiger partial charge on any atom is -0.395 e. The Morgan fingerprint density at radius 1 is 1.50 bits per heavy atom. The standard InChI is InChI=1S/C12H15FN2O/c1-2-15(5-6-16)9-10-3-4-12(13)11(7-10)8-14/h3-4,7,16H,2,5-6,9H2,1H3. The molecule has 1 aromatic carbocycles. The first-order valence-corrected chi connectivity index (χ1v) is 5.23. The van der Waals surface area contributed by atoms with E-state index in [1.165, 1.54) is 6.07 Å². The summed E-state index contributed by atoms with van der Waals surface area (Å²) in [5, 5.41) is 17.5. The van der Waals surface area contributed by atoms with Crippen molar-refractivity contribution in [1.29, 1.82) is 5.26 Å². The average Bonchev–Trinajstić information content (AvgIpc) is 2.30. The van der Waals surface area contributed by atoms with Crippen LogP contribution in [0.2, 0.25) is 0 Å². The van der Waals surface area contributed by atoms with Crippen LogP contribution >= 0.6 is 0 Å². The number of benzene rings is 1. The van der Waals surface area contributed by atoms with Gasteiger partial charge in [-0.25, -0.2) is 4.39 Å². The molecule has 1 rings (SSSR count). The number of likely N-dealkylation sites (N-methyl/N-ethyl adjacent to an activating group) is 1. The van der Waals surface area contributed by atoms with Gasteiger partial charge in [0, 0.05) is 13.1 Å². The number of aliphatic hydroxyl groups is 1. The monoisotopic (exact) mass is 222 g/mol. The predicted molar refractivity (Wildman–Crippen MR) is 59.2 cm³/mol. The Hall–Kier alpha value is -1.44. The van der Waals surface area contributed by atoms with Crippen LogP contribution < -0.4 is 0 Å². The maximum absolute atomic E-state index is 13.1. The second-order valence-electron chi connectivity index (χ2n) is 3.52. The number of nitriles is 1. The molecule has 16 heavy (non-hydrogen) atoms. The summed E-state index contributed by atoms with van der Waals surface area (Å²) in [6.45, 7) is 4.09. The van der Waals surface area contributed by atoms with E-state index in [0.717, 1.165) is 12.1 Å². The van der Waals surface area contributed by atoms with E-state index in [0.29, 0.717) is 13.1 Å². The summed E-state index contributed by atoms with van der Waals surface area (Å²) in [6, 6.07) is 6.34. The van der Waals surface area contributed by atoms with Gasteiger partial charge in [0.05, 0.1) is 12.2 Å². The number of hydrogen-bond donors (Lipinski definition) is 1. The zero-order valence-corrected chi connectivity index (χ0v) is 9.28. The second kappa shape index (κ2) is 6.21. The molecule has 0 bridgehead atoms. The van der Waals surface area contributed by atoms with Gasteiger partial charge < -0.3 is 5.11 Å². The molecule has 0 unspecified atom stereocenters. The van der Waals surface area contributed by atoms with Crippen LogP contribution in [-0.2, 0) is 6.54 Å². The van der Waals surface area contributed by atoms with Gasteiger partial charge in [0.15, 0.2) is 0 Å². The summed E-state index contributed by atoms with van der Waals surface area (Å²) in [4.78, 5) is 2.02. The van der Waals surface area contributed by atoms with Crippen molar-refractivity contribution in [3.63, 3.8) is 0 Å². The molecule has 0 radical (unpaired) electrons. The van der Waals surface area contributed by atoms with Crippen molar-refractivity contribution in [1.82, 2.24) is 4.90 Å². The molecule has 3 nitrogen and oxygen atoms in total. The van der Waals surface area contributed by atoms with Crippen LogP contribution in [0.4, 0.5) is 4.39 Å². The number of halogens is 1. The van der Waals surface area contributed by atoms with E-state index in [-0.39, 0.29) is 12.2 Å². The van der Waals surface area contributed by atoms with E-state index in [4.69, 9.17) is 10.4 Å². The molecule has 0 saturated carbocycles. The fraction of sp³-hybridized carbons (Fsp3) is 0.417. The lowest BCUT2D eigenvalue weighted by Gasteiger charge is -2.19. The second-order valence-corrected chi connectivity index (χ2v) is 3.52. The fourth-order valence-corrected chi connectivity index (χ4v) is 1.51. The van der Waals surface area contributed by atoms with Gasteiger partial charge in [-0.3, -0.25) is 4.90 Å². The number of hydrogen-bond acceptors (Lipinski definition) is 3. The molecule has 0 aromatic heterocycles. The van der Waals surface area contributed by atoms with Crippen LogP contribution in [-0.4, -0.2) is 29.7 Å². The highest BCUT2D eigenvalue weighted by molar-refractivity contribution is 5.34. The van der Waals surface area contributed by atoms with E-state index in [9.17, 15) is 4.39 Å². The van der Waals surface area contributed by atoms with Gasteiger partial charge in [0.25, 0.3) is 0 Å². The average molecular weight is 222 g/mol. The van der Waals surface area contributed by atoms with Gasteiger partial charge in [-0.15, -0.1) is 0 Å². The molecular formula is C12H15FN2O. The maximum Gasteiger partial charge on any atom is 0.140 e. The van der Waals surface area contributed by atoms with Gasteiger partial charge in [0.1, 0.15) is 11.9 Å². The quantitative estimate of drug-likeness (QED) is 0.821. The molecule has 4 heteroatoms. The first-order valence-electron chi connectivity index (χ1n) is 5.23. The van der Waals surface area contributed by atoms with Gasteiger partial charge in [-0.1, -0.05) is 13.0 Å². The Kier molecular flexibility index (Phi) is 4.90. The largest absolute Gasteiger partial charge is 0.395 e. The van der Waals surface area contributed by atoms with Crippen molar-refractivity contribution in [2.75, 3.05) is 19.7 Å². The van der Waals surface area contributed by atoms with Crippen LogP contribution in [0.15, 0.2) is 18.2 Å². The van der Waals surface area contributed by atoms with Crippen molar-refractivity contribution in [2.45, 2.75) is 13.5 Å². The highest BCUT2D eigenvalue weighted by Crippen LogP contribution is 2.11. The van der Waals surface area contributed by atoms with E-state index in [1.54, 1.807) is 12.1 Å². The summed E-state index contributed by atoms with van der Waals surface area (Å²) < 4.78 is 13.1. The van der Waals surface area contributed by atoms with Gasteiger partial charge in [0.2, 0.25) is 0 Å². The first-order chi connectivity index (χ1) is 7.71. The number of aliphatic hydroxyl groups excluding tert-OH is 1. The molecule has 1 N–H and O–H groups in total. The molecular weight excluding hydrogens is 207 g/mol. The molecule has 0 spiro atoms. The van der Waals surface area contributed by atoms with Gasteiger partial charge in [-0.2, -0.15) is 5.26 Å². The third kappa shape index (κ3) is 3.30. The fourth-order valence-electron chi connectivity index (χ4n) is 1.51. The normalized spacial score (nSPS) is 10.4. The lowest BCUT2D eigenvalue weighted by Crippen LogP contribution is -2.26. The van der Waals surface area contributed by atoms with Crippen LogP contribution in [0, 0.1) is 17.1 Å². The van der Waals surface area contributed by atoms with E-state index in [1.807, 2.05) is 17.9 Å². The SMILES string of the molecule is CCN(CCO)Cc1ccc(F)c(C#N)c1. The molecule has 0 fully saturated rings. The zero-order valence-electron chi connectivity index (χ0n) is 9.28. The van der Waals surface area contributed by atoms with Crippen molar-refractivity contribution >= 4 is 0 Å². The van der Waals surface area contributed by atoms with Crippen LogP contribution in [0.25, 0.3) is 0 Å². The van der Waals surface area contributed by atoms with E-state index in [2.05, 4.69) is 0 Å². The smallest absolute Gasteiger partial charge is 0.140 e. The Morgan fingerprint density at radius 3 is 2.81 bits per heavy atom. The maximum atomic E-state index is 13.1. The Labute approximate surface area is 94.7 Å². The van der Waals surface area contributed by atoms with E-state index < -0.39 is 5.82 Å². The highest BCUT2D eigenvalue weighted by Gasteiger charge is 2.06. The lowest BCUT2D eigenvalue weighted by molar-refractivity contribution is 0.197. The molecule has 0 atom stereocenters. The van der Waals surface area contributed by atoms with Crippen molar-refractivity contribution in [3.05, 3.63) is 35.1 Å². The van der Waals surface area contributed by atoms with Crippen molar-refractivity contribution < 1.29 is 9.50 Å². The molecule has 0 heterocycles. The third-order valence-corrected chi connectivity index (χ3v) is 2.42. The van der Waals surface area contributed by atoms with Crippen LogP contribution in [0.3, 0.4) is 0 Å². The van der Waals surface area contributed by atoms with E-state index >= 15 is 0 Å².